The fraction of sp³-hybridized carbons (Fsp3) is 0.0714. The maximum Gasteiger partial charge on any atom is 0.262 e. The molecule has 0 aromatic heterocycles. The minimum Gasteiger partial charge on any atom is -0.484 e. The largest absolute Gasteiger partial charge is 0.484 e. The summed E-state index contributed by atoms with van der Waals surface area (Å²) in [5, 5.41) is 2.77. The van der Waals surface area contributed by atoms with Crippen molar-refractivity contribution < 1.29 is 9.53 Å². The Kier molecular flexibility index (Phi) is 5.21. The number of halogens is 2. The van der Waals surface area contributed by atoms with Crippen LogP contribution in [0, 0.1) is 3.57 Å². The molecule has 1 N–H and O–H groups in total. The molecule has 0 spiro atoms. The summed E-state index contributed by atoms with van der Waals surface area (Å²) in [5.41, 5.74) is 0.741. The summed E-state index contributed by atoms with van der Waals surface area (Å²) < 4.78 is 7.45. The van der Waals surface area contributed by atoms with Crippen molar-refractivity contribution >= 4 is 50.1 Å². The van der Waals surface area contributed by atoms with Crippen molar-refractivity contribution in [3.8, 4) is 5.75 Å². The van der Waals surface area contributed by atoms with Crippen LogP contribution in [0.3, 0.4) is 0 Å². The maximum absolute atomic E-state index is 11.7. The number of benzene rings is 2. The highest BCUT2D eigenvalue weighted by molar-refractivity contribution is 14.1. The highest BCUT2D eigenvalue weighted by atomic mass is 127. The van der Waals surface area contributed by atoms with Crippen LogP contribution in [-0.4, -0.2) is 12.5 Å². The molecule has 0 heterocycles. The predicted octanol–water partition coefficient (Wildman–Crippen LogP) is 4.07. The molecule has 2 aromatic rings. The van der Waals surface area contributed by atoms with Gasteiger partial charge in [-0.05, 0) is 65.1 Å². The highest BCUT2D eigenvalue weighted by Gasteiger charge is 2.04. The van der Waals surface area contributed by atoms with Crippen molar-refractivity contribution in [3.05, 3.63) is 56.6 Å². The summed E-state index contributed by atoms with van der Waals surface area (Å²) in [5.74, 6) is 0.501. The van der Waals surface area contributed by atoms with Crippen LogP contribution in [0.4, 0.5) is 5.69 Å². The van der Waals surface area contributed by atoms with Crippen LogP contribution in [-0.2, 0) is 4.79 Å². The Hall–Kier alpha value is -1.08. The lowest BCUT2D eigenvalue weighted by molar-refractivity contribution is -0.118. The number of rotatable bonds is 4. The lowest BCUT2D eigenvalue weighted by atomic mass is 10.3. The van der Waals surface area contributed by atoms with E-state index in [4.69, 9.17) is 4.74 Å². The Balaban J connectivity index is 1.86. The van der Waals surface area contributed by atoms with Crippen LogP contribution in [0.15, 0.2) is 53.0 Å². The monoisotopic (exact) mass is 431 g/mol. The van der Waals surface area contributed by atoms with Crippen molar-refractivity contribution in [1.29, 1.82) is 0 Å². The van der Waals surface area contributed by atoms with Gasteiger partial charge in [-0.15, -0.1) is 0 Å². The van der Waals surface area contributed by atoms with Gasteiger partial charge in [0.2, 0.25) is 0 Å². The zero-order chi connectivity index (χ0) is 13.7. The van der Waals surface area contributed by atoms with E-state index < -0.39 is 0 Å². The maximum atomic E-state index is 11.7. The van der Waals surface area contributed by atoms with Crippen molar-refractivity contribution in [2.24, 2.45) is 0 Å². The molecule has 19 heavy (non-hydrogen) atoms. The van der Waals surface area contributed by atoms with Gasteiger partial charge in [-0.2, -0.15) is 0 Å². The average Bonchev–Trinajstić information content (AvgIpc) is 2.38. The molecule has 0 unspecified atom stereocenters. The fourth-order valence-corrected chi connectivity index (χ4v) is 2.20. The van der Waals surface area contributed by atoms with Gasteiger partial charge in [0.15, 0.2) is 6.61 Å². The van der Waals surface area contributed by atoms with E-state index in [0.717, 1.165) is 13.7 Å². The molecule has 0 aliphatic carbocycles. The van der Waals surface area contributed by atoms with Crippen molar-refractivity contribution in [1.82, 2.24) is 0 Å². The summed E-state index contributed by atoms with van der Waals surface area (Å²) >= 11 is 5.57. The van der Waals surface area contributed by atoms with Crippen LogP contribution in [0.25, 0.3) is 0 Å². The summed E-state index contributed by atoms with van der Waals surface area (Å²) in [4.78, 5) is 11.7. The van der Waals surface area contributed by atoms with E-state index in [1.54, 1.807) is 0 Å². The molecule has 0 saturated heterocycles. The highest BCUT2D eigenvalue weighted by Crippen LogP contribution is 2.16. The second kappa shape index (κ2) is 6.91. The third-order valence-corrected chi connectivity index (χ3v) is 3.50. The first-order chi connectivity index (χ1) is 9.13. The lowest BCUT2D eigenvalue weighted by Gasteiger charge is -2.07. The normalized spacial score (nSPS) is 10.0. The van der Waals surface area contributed by atoms with Gasteiger partial charge in [-0.1, -0.05) is 22.0 Å². The Morgan fingerprint density at radius 2 is 1.95 bits per heavy atom. The standard InChI is InChI=1S/C14H11BrINO2/c15-10-2-1-3-12(8-10)17-14(18)9-19-13-6-4-11(16)5-7-13/h1-8H,9H2,(H,17,18). The summed E-state index contributed by atoms with van der Waals surface area (Å²) in [6.45, 7) is -0.00684. The van der Waals surface area contributed by atoms with Gasteiger partial charge in [0, 0.05) is 13.7 Å². The first-order valence-electron chi connectivity index (χ1n) is 5.57. The molecular formula is C14H11BrINO2. The van der Waals surface area contributed by atoms with Crippen LogP contribution in [0.1, 0.15) is 0 Å². The second-order valence-corrected chi connectivity index (χ2v) is 5.96. The Morgan fingerprint density at radius 3 is 2.63 bits per heavy atom. The summed E-state index contributed by atoms with van der Waals surface area (Å²) in [6.07, 6.45) is 0. The van der Waals surface area contributed by atoms with E-state index >= 15 is 0 Å². The summed E-state index contributed by atoms with van der Waals surface area (Å²) in [7, 11) is 0. The van der Waals surface area contributed by atoms with Crippen LogP contribution in [0.5, 0.6) is 5.75 Å². The first-order valence-corrected chi connectivity index (χ1v) is 7.44. The Labute approximate surface area is 133 Å². The number of nitrogens with one attached hydrogen (secondary N) is 1. The molecule has 0 fully saturated rings. The number of hydrogen-bond donors (Lipinski definition) is 1. The van der Waals surface area contributed by atoms with Gasteiger partial charge in [0.1, 0.15) is 5.75 Å². The molecule has 0 atom stereocenters. The molecule has 0 aliphatic rings. The SMILES string of the molecule is O=C(COc1ccc(I)cc1)Nc1cccc(Br)c1. The van der Waals surface area contributed by atoms with Crippen LogP contribution < -0.4 is 10.1 Å². The molecule has 98 valence electrons. The second-order valence-electron chi connectivity index (χ2n) is 3.80. The minimum atomic E-state index is -0.184. The predicted molar refractivity (Wildman–Crippen MR) is 87.4 cm³/mol. The van der Waals surface area contributed by atoms with E-state index in [1.165, 1.54) is 0 Å². The van der Waals surface area contributed by atoms with Gasteiger partial charge >= 0.3 is 0 Å². The number of hydrogen-bond acceptors (Lipinski definition) is 2. The molecule has 0 saturated carbocycles. The number of amides is 1. The van der Waals surface area contributed by atoms with Gasteiger partial charge in [0.25, 0.3) is 5.91 Å². The number of carbonyl (C=O) groups is 1. The smallest absolute Gasteiger partial charge is 0.262 e. The van der Waals surface area contributed by atoms with Crippen molar-refractivity contribution in [3.63, 3.8) is 0 Å². The van der Waals surface area contributed by atoms with E-state index in [-0.39, 0.29) is 12.5 Å². The van der Waals surface area contributed by atoms with Crippen molar-refractivity contribution in [2.45, 2.75) is 0 Å². The third-order valence-electron chi connectivity index (χ3n) is 2.29. The quantitative estimate of drug-likeness (QED) is 0.741. The Morgan fingerprint density at radius 1 is 1.21 bits per heavy atom. The van der Waals surface area contributed by atoms with Gasteiger partial charge in [0.05, 0.1) is 0 Å². The zero-order valence-electron chi connectivity index (χ0n) is 9.90. The lowest BCUT2D eigenvalue weighted by Crippen LogP contribution is -2.20. The molecule has 0 radical (unpaired) electrons. The van der Waals surface area contributed by atoms with Gasteiger partial charge in [-0.25, -0.2) is 0 Å². The number of ether oxygens (including phenoxy) is 1. The molecule has 5 heteroatoms. The Bertz CT molecular complexity index is 572. The first kappa shape index (κ1) is 14.3. The molecule has 0 aliphatic heterocycles. The average molecular weight is 432 g/mol. The minimum absolute atomic E-state index is 0.00684. The number of anilines is 1. The molecular weight excluding hydrogens is 421 g/mol. The molecule has 2 rings (SSSR count). The van der Waals surface area contributed by atoms with E-state index in [0.29, 0.717) is 5.75 Å². The van der Waals surface area contributed by atoms with Gasteiger partial charge in [-0.3, -0.25) is 4.79 Å². The van der Waals surface area contributed by atoms with Crippen LogP contribution >= 0.6 is 38.5 Å². The number of carbonyl (C=O) groups excluding carboxylic acids is 1. The zero-order valence-corrected chi connectivity index (χ0v) is 13.6. The van der Waals surface area contributed by atoms with E-state index in [2.05, 4.69) is 43.8 Å². The van der Waals surface area contributed by atoms with Gasteiger partial charge < -0.3 is 10.1 Å². The molecule has 0 bridgehead atoms. The van der Waals surface area contributed by atoms with E-state index in [1.807, 2.05) is 48.5 Å². The molecule has 3 nitrogen and oxygen atoms in total. The van der Waals surface area contributed by atoms with Crippen LogP contribution in [0.2, 0.25) is 0 Å². The van der Waals surface area contributed by atoms with Crippen molar-refractivity contribution in [2.75, 3.05) is 11.9 Å². The molecule has 1 amide bonds. The molecule has 2 aromatic carbocycles. The summed E-state index contributed by atoms with van der Waals surface area (Å²) in [6, 6.07) is 15.0. The fourth-order valence-electron chi connectivity index (χ4n) is 1.44. The topological polar surface area (TPSA) is 38.3 Å². The van der Waals surface area contributed by atoms with E-state index in [9.17, 15) is 4.79 Å². The third kappa shape index (κ3) is 4.83.